The summed E-state index contributed by atoms with van der Waals surface area (Å²) < 4.78 is 5.37. The first-order chi connectivity index (χ1) is 9.00. The normalized spacial score (nSPS) is 12.3. The number of amides is 1. The summed E-state index contributed by atoms with van der Waals surface area (Å²) in [4.78, 5) is 14.4. The van der Waals surface area contributed by atoms with E-state index >= 15 is 0 Å². The van der Waals surface area contributed by atoms with Crippen molar-refractivity contribution < 1.29 is 9.21 Å². The standard InChI is InChI=1S/C14H16N2O2S/c1-9(13(15)19)7-16(2)14(17)11-8-18-12-6-4-3-5-10(11)12/h3-6,8-9H,7H2,1-2H3,(H2,15,19). The Kier molecular flexibility index (Phi) is 3.85. The van der Waals surface area contributed by atoms with Crippen LogP contribution in [0.15, 0.2) is 34.9 Å². The summed E-state index contributed by atoms with van der Waals surface area (Å²) in [5.41, 5.74) is 6.84. The average molecular weight is 276 g/mol. The molecule has 1 aromatic heterocycles. The van der Waals surface area contributed by atoms with Crippen LogP contribution in [0.25, 0.3) is 11.0 Å². The van der Waals surface area contributed by atoms with Crippen molar-refractivity contribution >= 4 is 34.1 Å². The van der Waals surface area contributed by atoms with E-state index in [1.807, 2.05) is 31.2 Å². The maximum absolute atomic E-state index is 12.4. The Bertz CT molecular complexity index is 621. The van der Waals surface area contributed by atoms with E-state index in [-0.39, 0.29) is 11.8 Å². The fourth-order valence-corrected chi connectivity index (χ4v) is 2.01. The van der Waals surface area contributed by atoms with Gasteiger partial charge in [-0.3, -0.25) is 4.79 Å². The van der Waals surface area contributed by atoms with Gasteiger partial charge in [0.15, 0.2) is 0 Å². The highest BCUT2D eigenvalue weighted by Crippen LogP contribution is 2.22. The summed E-state index contributed by atoms with van der Waals surface area (Å²) in [5.74, 6) is -0.102. The number of fused-ring (bicyclic) bond motifs is 1. The van der Waals surface area contributed by atoms with Crippen LogP contribution in [0.4, 0.5) is 0 Å². The maximum Gasteiger partial charge on any atom is 0.257 e. The van der Waals surface area contributed by atoms with Crippen molar-refractivity contribution in [1.82, 2.24) is 4.90 Å². The minimum atomic E-state index is -0.0898. The third-order valence-corrected chi connectivity index (χ3v) is 3.49. The van der Waals surface area contributed by atoms with Crippen molar-refractivity contribution in [3.05, 3.63) is 36.1 Å². The van der Waals surface area contributed by atoms with Crippen molar-refractivity contribution in [1.29, 1.82) is 0 Å². The molecule has 0 bridgehead atoms. The molecule has 1 atom stereocenters. The molecule has 1 amide bonds. The lowest BCUT2D eigenvalue weighted by Crippen LogP contribution is -2.35. The van der Waals surface area contributed by atoms with Crippen LogP contribution in [0.2, 0.25) is 0 Å². The molecule has 1 aromatic carbocycles. The first-order valence-corrected chi connectivity index (χ1v) is 6.42. The van der Waals surface area contributed by atoms with Gasteiger partial charge < -0.3 is 15.1 Å². The summed E-state index contributed by atoms with van der Waals surface area (Å²) in [5, 5.41) is 0.822. The SMILES string of the molecule is CC(CN(C)C(=O)c1coc2ccccc12)C(N)=S. The second-order valence-corrected chi connectivity index (χ2v) is 5.11. The Morgan fingerprint density at radius 1 is 1.47 bits per heavy atom. The van der Waals surface area contributed by atoms with Crippen LogP contribution in [0.3, 0.4) is 0 Å². The predicted octanol–water partition coefficient (Wildman–Crippen LogP) is 2.43. The summed E-state index contributed by atoms with van der Waals surface area (Å²) in [6.45, 7) is 2.40. The Balaban J connectivity index is 2.22. The molecule has 0 fully saturated rings. The van der Waals surface area contributed by atoms with Crippen LogP contribution in [-0.2, 0) is 0 Å². The molecule has 4 nitrogen and oxygen atoms in total. The van der Waals surface area contributed by atoms with Crippen molar-refractivity contribution in [3.8, 4) is 0 Å². The van der Waals surface area contributed by atoms with Gasteiger partial charge in [0, 0.05) is 24.9 Å². The van der Waals surface area contributed by atoms with E-state index in [2.05, 4.69) is 0 Å². The van der Waals surface area contributed by atoms with E-state index in [1.54, 1.807) is 11.9 Å². The molecule has 100 valence electrons. The van der Waals surface area contributed by atoms with Crippen LogP contribution < -0.4 is 5.73 Å². The summed E-state index contributed by atoms with van der Waals surface area (Å²) in [6, 6.07) is 7.46. The molecular weight excluding hydrogens is 260 g/mol. The number of carbonyl (C=O) groups is 1. The number of thiocarbonyl (C=S) groups is 1. The first-order valence-electron chi connectivity index (χ1n) is 6.01. The molecule has 2 rings (SSSR count). The molecule has 2 N–H and O–H groups in total. The molecule has 0 radical (unpaired) electrons. The van der Waals surface area contributed by atoms with Gasteiger partial charge in [-0.2, -0.15) is 0 Å². The molecule has 19 heavy (non-hydrogen) atoms. The van der Waals surface area contributed by atoms with Crippen LogP contribution in [-0.4, -0.2) is 29.4 Å². The third-order valence-electron chi connectivity index (χ3n) is 3.09. The Morgan fingerprint density at radius 3 is 2.84 bits per heavy atom. The van der Waals surface area contributed by atoms with Crippen molar-refractivity contribution in [2.24, 2.45) is 11.7 Å². The van der Waals surface area contributed by atoms with Crippen molar-refractivity contribution in [2.45, 2.75) is 6.92 Å². The number of nitrogens with zero attached hydrogens (tertiary/aromatic N) is 1. The first kappa shape index (κ1) is 13.5. The van der Waals surface area contributed by atoms with Gasteiger partial charge in [0.2, 0.25) is 0 Å². The van der Waals surface area contributed by atoms with Crippen LogP contribution in [0.5, 0.6) is 0 Å². The van der Waals surface area contributed by atoms with Gasteiger partial charge >= 0.3 is 0 Å². The maximum atomic E-state index is 12.4. The van der Waals surface area contributed by atoms with Gasteiger partial charge in [-0.1, -0.05) is 37.3 Å². The fourth-order valence-electron chi connectivity index (χ4n) is 1.93. The zero-order chi connectivity index (χ0) is 14.0. The highest BCUT2D eigenvalue weighted by molar-refractivity contribution is 7.80. The lowest BCUT2D eigenvalue weighted by atomic mass is 10.1. The third kappa shape index (κ3) is 2.76. The quantitative estimate of drug-likeness (QED) is 0.871. The number of para-hydroxylation sites is 1. The highest BCUT2D eigenvalue weighted by atomic mass is 32.1. The molecular formula is C14H16N2O2S. The van der Waals surface area contributed by atoms with Gasteiger partial charge in [0.1, 0.15) is 11.8 Å². The van der Waals surface area contributed by atoms with Gasteiger partial charge in [-0.15, -0.1) is 0 Å². The Labute approximate surface area is 117 Å². The van der Waals surface area contributed by atoms with E-state index in [0.717, 1.165) is 5.39 Å². The monoisotopic (exact) mass is 276 g/mol. The molecule has 0 aliphatic carbocycles. The second-order valence-electron chi connectivity index (χ2n) is 4.63. The number of benzene rings is 1. The van der Waals surface area contributed by atoms with Crippen molar-refractivity contribution in [2.75, 3.05) is 13.6 Å². The smallest absolute Gasteiger partial charge is 0.257 e. The lowest BCUT2D eigenvalue weighted by Gasteiger charge is -2.20. The molecule has 1 unspecified atom stereocenters. The zero-order valence-corrected chi connectivity index (χ0v) is 11.7. The average Bonchev–Trinajstić information content (AvgIpc) is 2.81. The molecule has 1 heterocycles. The minimum absolute atomic E-state index is 0.0119. The van der Waals surface area contributed by atoms with Gasteiger partial charge in [0.25, 0.3) is 5.91 Å². The van der Waals surface area contributed by atoms with E-state index in [4.69, 9.17) is 22.4 Å². The van der Waals surface area contributed by atoms with Gasteiger partial charge in [0.05, 0.1) is 10.6 Å². The number of rotatable bonds is 4. The number of hydrogen-bond acceptors (Lipinski definition) is 3. The Morgan fingerprint density at radius 2 is 2.16 bits per heavy atom. The molecule has 0 saturated heterocycles. The predicted molar refractivity (Wildman–Crippen MR) is 79.1 cm³/mol. The highest BCUT2D eigenvalue weighted by Gasteiger charge is 2.19. The molecule has 0 aliphatic rings. The summed E-state index contributed by atoms with van der Waals surface area (Å²) in [6.07, 6.45) is 1.49. The fraction of sp³-hybridized carbons (Fsp3) is 0.286. The molecule has 5 heteroatoms. The number of furan rings is 1. The summed E-state index contributed by atoms with van der Waals surface area (Å²) in [7, 11) is 1.74. The van der Waals surface area contributed by atoms with E-state index in [0.29, 0.717) is 22.7 Å². The van der Waals surface area contributed by atoms with Crippen molar-refractivity contribution in [3.63, 3.8) is 0 Å². The second kappa shape index (κ2) is 5.40. The molecule has 0 aliphatic heterocycles. The molecule has 2 aromatic rings. The van der Waals surface area contributed by atoms with E-state index in [1.165, 1.54) is 6.26 Å². The number of hydrogen-bond donors (Lipinski definition) is 1. The lowest BCUT2D eigenvalue weighted by molar-refractivity contribution is 0.0788. The largest absolute Gasteiger partial charge is 0.463 e. The van der Waals surface area contributed by atoms with Crippen LogP contribution in [0, 0.1) is 5.92 Å². The minimum Gasteiger partial charge on any atom is -0.463 e. The summed E-state index contributed by atoms with van der Waals surface area (Å²) >= 11 is 4.92. The Hall–Kier alpha value is -1.88. The number of carbonyl (C=O) groups excluding carboxylic acids is 1. The zero-order valence-electron chi connectivity index (χ0n) is 10.9. The van der Waals surface area contributed by atoms with Crippen LogP contribution in [0.1, 0.15) is 17.3 Å². The topological polar surface area (TPSA) is 59.5 Å². The van der Waals surface area contributed by atoms with E-state index in [9.17, 15) is 4.79 Å². The molecule has 0 spiro atoms. The number of nitrogens with two attached hydrogens (primary N) is 1. The van der Waals surface area contributed by atoms with E-state index < -0.39 is 0 Å². The van der Waals surface area contributed by atoms with Crippen LogP contribution >= 0.6 is 12.2 Å². The van der Waals surface area contributed by atoms with Gasteiger partial charge in [-0.25, -0.2) is 0 Å². The van der Waals surface area contributed by atoms with Gasteiger partial charge in [-0.05, 0) is 6.07 Å². The molecule has 0 saturated carbocycles.